The van der Waals surface area contributed by atoms with Crippen molar-refractivity contribution in [2.24, 2.45) is 0 Å². The molecule has 0 radical (unpaired) electrons. The SMILES string of the molecule is C#C[C@]12O[C@@H](n3cnc4c(NC(=O)CCCCCCC)nc(Cl)nc43)C[C@@]1(OC(=O)CC(C)(C)c1c(C)cc(C)cc1OC(C)=O)C2OC(=O)CC(C)(C)c1c(C)cc(C)cc1OC(C)=O. The number of anilines is 1. The monoisotopic (exact) mass is 925 g/mol. The van der Waals surface area contributed by atoms with Gasteiger partial charge >= 0.3 is 23.9 Å². The smallest absolute Gasteiger partial charge is 0.308 e. The zero-order chi connectivity index (χ0) is 48.5. The molecule has 1 aliphatic carbocycles. The van der Waals surface area contributed by atoms with Crippen molar-refractivity contribution >= 4 is 58.4 Å². The van der Waals surface area contributed by atoms with E-state index in [-0.39, 0.29) is 47.4 Å². The number of esters is 4. The van der Waals surface area contributed by atoms with Gasteiger partial charge in [-0.05, 0) is 80.1 Å². The Morgan fingerprint density at radius 3 is 1.97 bits per heavy atom. The van der Waals surface area contributed by atoms with Crippen LogP contribution in [-0.4, -0.2) is 66.6 Å². The van der Waals surface area contributed by atoms with Crippen molar-refractivity contribution in [1.29, 1.82) is 0 Å². The molecule has 16 heteroatoms. The Morgan fingerprint density at radius 2 is 1.42 bits per heavy atom. The Hall–Kier alpha value is -5.85. The summed E-state index contributed by atoms with van der Waals surface area (Å²) >= 11 is 6.43. The number of ether oxygens (including phenoxy) is 5. The number of imidazole rings is 1. The molecule has 1 amide bonds. The zero-order valence-electron chi connectivity index (χ0n) is 39.7. The number of hydrogen-bond acceptors (Lipinski definition) is 13. The van der Waals surface area contributed by atoms with Crippen LogP contribution in [0.2, 0.25) is 5.28 Å². The lowest BCUT2D eigenvalue weighted by molar-refractivity contribution is -0.162. The number of halogens is 1. The Morgan fingerprint density at radius 1 is 0.864 bits per heavy atom. The Labute approximate surface area is 391 Å². The summed E-state index contributed by atoms with van der Waals surface area (Å²) in [6, 6.07) is 7.37. The van der Waals surface area contributed by atoms with Crippen LogP contribution in [0.3, 0.4) is 0 Å². The number of aromatic nitrogens is 4. The molecule has 4 aromatic rings. The first kappa shape index (κ1) is 49.6. The number of fused-ring (bicyclic) bond motifs is 2. The molecule has 15 nitrogen and oxygen atoms in total. The van der Waals surface area contributed by atoms with Gasteiger partial charge in [-0.2, -0.15) is 9.97 Å². The summed E-state index contributed by atoms with van der Waals surface area (Å²) in [4.78, 5) is 79.1. The largest absolute Gasteiger partial charge is 0.453 e. The van der Waals surface area contributed by atoms with Crippen LogP contribution in [0.5, 0.6) is 11.5 Å². The van der Waals surface area contributed by atoms with Crippen molar-refractivity contribution in [2.45, 2.75) is 168 Å². The molecular weight excluding hydrogens is 866 g/mol. The average molecular weight is 927 g/mol. The van der Waals surface area contributed by atoms with E-state index in [1.807, 2.05) is 67.5 Å². The molecule has 1 saturated carbocycles. The Balaban J connectivity index is 1.32. The number of nitrogens with zero attached hydrogens (tertiary/aromatic N) is 4. The highest BCUT2D eigenvalue weighted by Gasteiger charge is 2.89. The van der Waals surface area contributed by atoms with Crippen molar-refractivity contribution < 1.29 is 47.7 Å². The highest BCUT2D eigenvalue weighted by atomic mass is 35.5. The first-order valence-electron chi connectivity index (χ1n) is 22.3. The van der Waals surface area contributed by atoms with Gasteiger partial charge < -0.3 is 29.0 Å². The lowest BCUT2D eigenvalue weighted by Crippen LogP contribution is -2.33. The summed E-state index contributed by atoms with van der Waals surface area (Å²) in [6.07, 6.45) is 10.2. The lowest BCUT2D eigenvalue weighted by atomic mass is 9.78. The van der Waals surface area contributed by atoms with Crippen LogP contribution in [0.1, 0.15) is 146 Å². The van der Waals surface area contributed by atoms with E-state index in [2.05, 4.69) is 33.1 Å². The third-order valence-corrected chi connectivity index (χ3v) is 12.5. The standard InChI is InChI=1S/C50H60ClN5O10/c1-13-15-16-17-18-19-36(59)53-43-42-44(55-46(51)54-43)56(27-52-42)37-24-50(66-39(61)26-48(11,12)41-31(6)21-29(4)23-35(41)63-33(8)58)45(49(50,14-2)65-37)64-38(60)25-47(9,10)40-30(5)20-28(3)22-34(40)62-32(7)57/h2,20-23,27,37,45H,13,15-19,24-26H2,1,3-12H3,(H,53,54,55,59)/t37-,45?,49-,50-/m1/s1. The van der Waals surface area contributed by atoms with E-state index in [0.29, 0.717) is 35.5 Å². The average Bonchev–Trinajstić information content (AvgIpc) is 3.44. The van der Waals surface area contributed by atoms with Gasteiger partial charge in [0.1, 0.15) is 17.7 Å². The first-order chi connectivity index (χ1) is 31.0. The minimum absolute atomic E-state index is 0.104. The van der Waals surface area contributed by atoms with Gasteiger partial charge in [-0.3, -0.25) is 28.5 Å². The van der Waals surface area contributed by atoms with Gasteiger partial charge in [-0.25, -0.2) is 4.98 Å². The fourth-order valence-electron chi connectivity index (χ4n) is 9.76. The van der Waals surface area contributed by atoms with E-state index in [9.17, 15) is 24.0 Å². The van der Waals surface area contributed by atoms with Crippen LogP contribution >= 0.6 is 11.6 Å². The van der Waals surface area contributed by atoms with Crippen LogP contribution in [0.15, 0.2) is 30.6 Å². The molecule has 1 saturated heterocycles. The highest BCUT2D eigenvalue weighted by molar-refractivity contribution is 6.28. The van der Waals surface area contributed by atoms with Gasteiger partial charge in [0.25, 0.3) is 0 Å². The van der Waals surface area contributed by atoms with Crippen LogP contribution in [0.4, 0.5) is 5.82 Å². The van der Waals surface area contributed by atoms with Gasteiger partial charge in [-0.15, -0.1) is 6.42 Å². The number of hydrogen-bond donors (Lipinski definition) is 1. The van der Waals surface area contributed by atoms with Crippen LogP contribution in [0, 0.1) is 40.0 Å². The van der Waals surface area contributed by atoms with E-state index in [1.54, 1.807) is 16.7 Å². The number of unbranched alkanes of at least 4 members (excludes halogenated alkanes) is 4. The predicted octanol–water partition coefficient (Wildman–Crippen LogP) is 9.10. The second kappa shape index (κ2) is 19.2. The fourth-order valence-corrected chi connectivity index (χ4v) is 9.93. The van der Waals surface area contributed by atoms with Crippen molar-refractivity contribution in [3.8, 4) is 23.8 Å². The maximum Gasteiger partial charge on any atom is 0.308 e. The second-order valence-corrected chi connectivity index (χ2v) is 19.3. The van der Waals surface area contributed by atoms with Gasteiger partial charge in [0.2, 0.25) is 22.4 Å². The zero-order valence-corrected chi connectivity index (χ0v) is 40.5. The van der Waals surface area contributed by atoms with Crippen molar-refractivity contribution in [2.75, 3.05) is 5.32 Å². The molecule has 2 aromatic carbocycles. The van der Waals surface area contributed by atoms with Crippen molar-refractivity contribution in [1.82, 2.24) is 19.5 Å². The molecular formula is C50H60ClN5O10. The topological polar surface area (TPSA) is 187 Å². The molecule has 1 aliphatic heterocycles. The first-order valence-corrected chi connectivity index (χ1v) is 22.7. The number of rotatable bonds is 18. The molecule has 2 aliphatic rings. The third kappa shape index (κ3) is 10.1. The molecule has 66 heavy (non-hydrogen) atoms. The number of aryl methyl sites for hydroxylation is 4. The summed E-state index contributed by atoms with van der Waals surface area (Å²) in [6.45, 7) is 19.6. The summed E-state index contributed by atoms with van der Waals surface area (Å²) in [5, 5.41) is 2.66. The predicted molar refractivity (Wildman–Crippen MR) is 247 cm³/mol. The maximum absolute atomic E-state index is 14.4. The highest BCUT2D eigenvalue weighted by Crippen LogP contribution is 2.66. The number of nitrogens with one attached hydrogen (secondary N) is 1. The molecule has 2 fully saturated rings. The van der Waals surface area contributed by atoms with E-state index in [0.717, 1.165) is 47.9 Å². The summed E-state index contributed by atoms with van der Waals surface area (Å²) in [5.74, 6) is 0.849. The number of amides is 1. The Kier molecular flexibility index (Phi) is 14.4. The number of carbonyl (C=O) groups excluding carboxylic acids is 5. The van der Waals surface area contributed by atoms with Crippen molar-refractivity contribution in [3.63, 3.8) is 0 Å². The van der Waals surface area contributed by atoms with Gasteiger partial charge in [0.15, 0.2) is 23.1 Å². The molecule has 1 unspecified atom stereocenters. The molecule has 2 aromatic heterocycles. The summed E-state index contributed by atoms with van der Waals surface area (Å²) < 4.78 is 32.1. The van der Waals surface area contributed by atoms with Gasteiger partial charge in [0.05, 0.1) is 19.2 Å². The fraction of sp³-hybridized carbons (Fsp3) is 0.520. The van der Waals surface area contributed by atoms with E-state index in [4.69, 9.17) is 41.7 Å². The molecule has 352 valence electrons. The minimum Gasteiger partial charge on any atom is -0.453 e. The number of carbonyl (C=O) groups is 5. The van der Waals surface area contributed by atoms with E-state index < -0.39 is 58.2 Å². The molecule has 0 bridgehead atoms. The van der Waals surface area contributed by atoms with Gasteiger partial charge in [0, 0.05) is 48.6 Å². The Bertz CT molecular complexity index is 2630. The van der Waals surface area contributed by atoms with E-state index in [1.165, 1.54) is 20.2 Å². The normalized spacial score (nSPS) is 20.0. The van der Waals surface area contributed by atoms with Crippen molar-refractivity contribution in [3.05, 3.63) is 69.3 Å². The second-order valence-electron chi connectivity index (χ2n) is 19.0. The molecule has 3 heterocycles. The summed E-state index contributed by atoms with van der Waals surface area (Å²) in [7, 11) is 0. The number of benzene rings is 2. The van der Waals surface area contributed by atoms with Crippen LogP contribution in [-0.2, 0) is 49.0 Å². The molecule has 0 spiro atoms. The quantitative estimate of drug-likeness (QED) is 0.0328. The minimum atomic E-state index is -1.76. The maximum atomic E-state index is 14.4. The van der Waals surface area contributed by atoms with E-state index >= 15 is 0 Å². The summed E-state index contributed by atoms with van der Waals surface area (Å²) in [5.41, 5.74) is -0.177. The number of terminal acetylenes is 1. The molecule has 4 atom stereocenters. The third-order valence-electron chi connectivity index (χ3n) is 12.3. The van der Waals surface area contributed by atoms with Crippen LogP contribution < -0.4 is 14.8 Å². The van der Waals surface area contributed by atoms with Crippen LogP contribution in [0.25, 0.3) is 11.2 Å². The molecule has 1 N–H and O–H groups in total. The molecule has 6 rings (SSSR count). The lowest BCUT2D eigenvalue weighted by Gasteiger charge is -2.30. The van der Waals surface area contributed by atoms with Gasteiger partial charge in [-0.1, -0.05) is 78.4 Å².